The van der Waals surface area contributed by atoms with Crippen molar-refractivity contribution in [3.8, 4) is 72.4 Å². The van der Waals surface area contributed by atoms with Crippen LogP contribution in [-0.4, -0.2) is 11.3 Å². The van der Waals surface area contributed by atoms with Gasteiger partial charge in [0.15, 0.2) is 0 Å². The quantitative estimate of drug-likeness (QED) is 0.133. The predicted octanol–water partition coefficient (Wildman–Crippen LogP) is 28.0. The Hall–Kier alpha value is -10.7. The van der Waals surface area contributed by atoms with E-state index in [2.05, 4.69) is 433 Å². The van der Waals surface area contributed by atoms with Crippen molar-refractivity contribution in [3.05, 3.63) is 312 Å². The van der Waals surface area contributed by atoms with Crippen LogP contribution in [0.25, 0.3) is 94.3 Å². The molecule has 0 unspecified atom stereocenters. The lowest BCUT2D eigenvalue weighted by Crippen LogP contribution is -2.61. The lowest BCUT2D eigenvalue weighted by Gasteiger charge is -2.45. The molecule has 16 rings (SSSR count). The van der Waals surface area contributed by atoms with E-state index in [-0.39, 0.29) is 44.6 Å². The van der Waals surface area contributed by atoms with Crippen LogP contribution in [0.4, 0.5) is 34.1 Å². The van der Waals surface area contributed by atoms with Crippen molar-refractivity contribution in [2.45, 2.75) is 183 Å². The molecule has 0 bridgehead atoms. The molecule has 1 aromatic heterocycles. The molecule has 13 aromatic carbocycles. The molecule has 110 heavy (non-hydrogen) atoms. The maximum absolute atomic E-state index is 2.76. The van der Waals surface area contributed by atoms with Gasteiger partial charge in [0.2, 0.25) is 0 Å². The second kappa shape index (κ2) is 26.5. The molecule has 4 heteroatoms. The summed E-state index contributed by atoms with van der Waals surface area (Å²) in [7, 11) is 0. The van der Waals surface area contributed by atoms with Crippen molar-refractivity contribution >= 4 is 79.0 Å². The van der Waals surface area contributed by atoms with Gasteiger partial charge in [-0.05, 0) is 203 Å². The summed E-state index contributed by atoms with van der Waals surface area (Å²) < 4.78 is 2.53. The van der Waals surface area contributed by atoms with Crippen molar-refractivity contribution in [1.82, 2.24) is 4.57 Å². The smallest absolute Gasteiger partial charge is 0.252 e. The fraction of sp³-hybridized carbons (Fsp3) is 0.264. The Morgan fingerprint density at radius 3 is 1.01 bits per heavy atom. The van der Waals surface area contributed by atoms with E-state index in [4.69, 9.17) is 0 Å². The van der Waals surface area contributed by atoms with E-state index in [0.29, 0.717) is 0 Å². The summed E-state index contributed by atoms with van der Waals surface area (Å²) >= 11 is 0. The molecule has 0 N–H and O–H groups in total. The molecule has 3 heterocycles. The standard InChI is InChI=1S/C106H108BN3/c1-100(2,3)77-48-44-67(45-49-77)75-60-93-97(87-40-31-32-43-90(87)108(93)84-38-29-24-30-39-84)94(61-75)109-91-58-70(72-52-78(101(4,5)6)64-79(53-72)102(7,8)9)46-50-88(91)107-89-51-47-71(73-54-80(103(10,11)12)65-81(55-73)104(13,14)15)59-92(89)110(99-85(68-34-25-22-26-35-68)41-33-42-86(99)69-36-27-23-28-37-69)96-63-76(62-95(109)98(96)107)74-56-82(105(16,17)18)66-83(57-74)106(19,20)21/h22-66H,1-21H3. The van der Waals surface area contributed by atoms with Crippen LogP contribution in [0.5, 0.6) is 0 Å². The van der Waals surface area contributed by atoms with Gasteiger partial charge in [-0.2, -0.15) is 0 Å². The SMILES string of the molecule is CC(C)(C)c1ccc(-c2cc(N3c4cc(-c5cc(C(C)(C)C)cc(C(C)(C)C)c5)ccc4B4c5ccc(-c6cc(C(C)(C)C)cc(C(C)(C)C)c6)cc5N(c5c(-c6ccccc6)cccc5-c5ccccc5)c5cc(-c6cc(C(C)(C)C)cc(C(C)(C)C)c6)cc3c54)c3c4ccccc4n(-c4ccccc4)c3c2)cc1. The summed E-state index contributed by atoms with van der Waals surface area (Å²) in [6.07, 6.45) is 0. The Kier molecular flexibility index (Phi) is 17.7. The minimum atomic E-state index is -0.240. The van der Waals surface area contributed by atoms with Gasteiger partial charge in [0, 0.05) is 50.3 Å². The average Bonchev–Trinajstić information content (AvgIpc) is 0.959. The van der Waals surface area contributed by atoms with E-state index in [1.54, 1.807) is 0 Å². The van der Waals surface area contributed by atoms with Crippen molar-refractivity contribution < 1.29 is 0 Å². The molecule has 550 valence electrons. The largest absolute Gasteiger partial charge is 0.311 e. The van der Waals surface area contributed by atoms with Gasteiger partial charge in [-0.15, -0.1) is 0 Å². The van der Waals surface area contributed by atoms with Crippen LogP contribution >= 0.6 is 0 Å². The molecule has 0 fully saturated rings. The predicted molar refractivity (Wildman–Crippen MR) is 478 cm³/mol. The Balaban J connectivity index is 1.13. The molecular weight excluding hydrogens is 1330 g/mol. The van der Waals surface area contributed by atoms with Crippen LogP contribution < -0.4 is 26.2 Å². The summed E-state index contributed by atoms with van der Waals surface area (Å²) in [5.41, 5.74) is 36.5. The van der Waals surface area contributed by atoms with Gasteiger partial charge in [0.05, 0.1) is 22.4 Å². The maximum atomic E-state index is 2.76. The van der Waals surface area contributed by atoms with E-state index in [0.717, 1.165) is 89.8 Å². The van der Waals surface area contributed by atoms with E-state index < -0.39 is 0 Å². The topological polar surface area (TPSA) is 11.4 Å². The molecule has 0 saturated heterocycles. The first-order valence-electron chi connectivity index (χ1n) is 40.0. The van der Waals surface area contributed by atoms with Crippen molar-refractivity contribution in [1.29, 1.82) is 0 Å². The summed E-state index contributed by atoms with van der Waals surface area (Å²) in [5, 5.41) is 2.38. The maximum Gasteiger partial charge on any atom is 0.252 e. The lowest BCUT2D eigenvalue weighted by atomic mass is 9.33. The van der Waals surface area contributed by atoms with Crippen molar-refractivity contribution in [3.63, 3.8) is 0 Å². The number of hydrogen-bond donors (Lipinski definition) is 0. The molecule has 14 aromatic rings. The normalized spacial score (nSPS) is 13.4. The third kappa shape index (κ3) is 13.3. The van der Waals surface area contributed by atoms with Gasteiger partial charge in [-0.25, -0.2) is 0 Å². The zero-order valence-electron chi connectivity index (χ0n) is 68.9. The highest BCUT2D eigenvalue weighted by Crippen LogP contribution is 2.55. The molecule has 0 saturated carbocycles. The number of fused-ring (bicyclic) bond motifs is 7. The Bertz CT molecular complexity index is 5760. The summed E-state index contributed by atoms with van der Waals surface area (Å²) in [6, 6.07) is 107. The molecule has 3 nitrogen and oxygen atoms in total. The first kappa shape index (κ1) is 73.5. The van der Waals surface area contributed by atoms with Crippen LogP contribution in [0.15, 0.2) is 273 Å². The average molecular weight is 1430 g/mol. The number of anilines is 6. The van der Waals surface area contributed by atoms with E-state index >= 15 is 0 Å². The number of aromatic nitrogens is 1. The highest BCUT2D eigenvalue weighted by Gasteiger charge is 2.46. The summed E-state index contributed by atoms with van der Waals surface area (Å²) in [5.74, 6) is 0. The van der Waals surface area contributed by atoms with Crippen LogP contribution in [0.2, 0.25) is 0 Å². The molecule has 0 amide bonds. The summed E-state index contributed by atoms with van der Waals surface area (Å²) in [6.45, 7) is 49.3. The summed E-state index contributed by atoms with van der Waals surface area (Å²) in [4.78, 5) is 5.50. The molecule has 2 aliphatic rings. The van der Waals surface area contributed by atoms with Gasteiger partial charge >= 0.3 is 0 Å². The minimum Gasteiger partial charge on any atom is -0.311 e. The highest BCUT2D eigenvalue weighted by atomic mass is 15.2. The second-order valence-electron chi connectivity index (χ2n) is 38.8. The lowest BCUT2D eigenvalue weighted by molar-refractivity contribution is 0.568. The highest BCUT2D eigenvalue weighted by molar-refractivity contribution is 7.00. The van der Waals surface area contributed by atoms with Gasteiger partial charge in [-0.3, -0.25) is 0 Å². The van der Waals surface area contributed by atoms with Gasteiger partial charge in [0.25, 0.3) is 6.71 Å². The van der Waals surface area contributed by atoms with Crippen molar-refractivity contribution in [2.24, 2.45) is 0 Å². The minimum absolute atomic E-state index is 0.0337. The fourth-order valence-corrected chi connectivity index (χ4v) is 16.9. The zero-order valence-corrected chi connectivity index (χ0v) is 68.9. The Morgan fingerprint density at radius 1 is 0.227 bits per heavy atom. The molecule has 0 atom stereocenters. The Labute approximate surface area is 656 Å². The van der Waals surface area contributed by atoms with Gasteiger partial charge in [0.1, 0.15) is 0 Å². The van der Waals surface area contributed by atoms with E-state index in [9.17, 15) is 0 Å². The second-order valence-corrected chi connectivity index (χ2v) is 38.8. The van der Waals surface area contributed by atoms with Crippen LogP contribution in [0, 0.1) is 0 Å². The first-order valence-corrected chi connectivity index (χ1v) is 40.0. The number of hydrogen-bond acceptors (Lipinski definition) is 2. The van der Waals surface area contributed by atoms with Crippen LogP contribution in [-0.2, 0) is 37.9 Å². The van der Waals surface area contributed by atoms with Crippen LogP contribution in [0.1, 0.15) is 184 Å². The van der Waals surface area contributed by atoms with Gasteiger partial charge in [-0.1, -0.05) is 364 Å². The number of para-hydroxylation sites is 3. The number of benzene rings is 13. The van der Waals surface area contributed by atoms with Crippen molar-refractivity contribution in [2.75, 3.05) is 9.80 Å². The fourth-order valence-electron chi connectivity index (χ4n) is 16.9. The molecule has 0 aliphatic carbocycles. The van der Waals surface area contributed by atoms with Gasteiger partial charge < -0.3 is 14.4 Å². The molecule has 2 aliphatic heterocycles. The third-order valence-electron chi connectivity index (χ3n) is 23.6. The molecule has 0 spiro atoms. The van der Waals surface area contributed by atoms with E-state index in [1.807, 2.05) is 0 Å². The molecular formula is C106H108BN3. The monoisotopic (exact) mass is 1430 g/mol. The number of nitrogens with zero attached hydrogens (tertiary/aromatic N) is 3. The Morgan fingerprint density at radius 2 is 0.573 bits per heavy atom. The molecule has 0 radical (unpaired) electrons. The first-order chi connectivity index (χ1) is 51.9. The third-order valence-corrected chi connectivity index (χ3v) is 23.6. The zero-order chi connectivity index (χ0) is 77.7. The van der Waals surface area contributed by atoms with Crippen LogP contribution in [0.3, 0.4) is 0 Å². The van der Waals surface area contributed by atoms with E-state index in [1.165, 1.54) is 93.9 Å². The number of rotatable bonds is 9.